The number of halogens is 2. The average Bonchev–Trinajstić information content (AvgIpc) is 3.10. The lowest BCUT2D eigenvalue weighted by Crippen LogP contribution is -2.42. The number of cyclic esters (lactones) is 1. The maximum absolute atomic E-state index is 13.8. The molecule has 3 rings (SSSR count). The van der Waals surface area contributed by atoms with E-state index in [0.717, 1.165) is 4.90 Å². The number of rotatable bonds is 3. The summed E-state index contributed by atoms with van der Waals surface area (Å²) in [6.07, 6.45) is -0.347. The van der Waals surface area contributed by atoms with Crippen molar-refractivity contribution >= 4 is 29.5 Å². The summed E-state index contributed by atoms with van der Waals surface area (Å²) >= 11 is 5.93. The van der Waals surface area contributed by atoms with E-state index in [1.807, 2.05) is 0 Å². The lowest BCUT2D eigenvalue weighted by Gasteiger charge is -2.20. The van der Waals surface area contributed by atoms with Crippen LogP contribution in [0.4, 0.5) is 9.18 Å². The number of ether oxygens (including phenoxy) is 1. The van der Waals surface area contributed by atoms with Crippen molar-refractivity contribution in [2.24, 2.45) is 0 Å². The fraction of sp³-hybridized carbons (Fsp3) is 0.400. The maximum Gasteiger partial charge on any atom is 0.417 e. The molecule has 122 valence electrons. The maximum atomic E-state index is 13.8. The zero-order valence-electron chi connectivity index (χ0n) is 12.1. The Labute approximate surface area is 136 Å². The second kappa shape index (κ2) is 6.16. The van der Waals surface area contributed by atoms with E-state index in [0.29, 0.717) is 13.0 Å². The Balaban J connectivity index is 1.66. The van der Waals surface area contributed by atoms with Crippen molar-refractivity contribution in [2.75, 3.05) is 19.7 Å². The molecule has 1 aromatic carbocycles. The summed E-state index contributed by atoms with van der Waals surface area (Å²) in [5, 5.41) is 0.201. The standard InChI is InChI=1S/C15H14ClFN2O4/c16-11-2-1-3-12(17)10(11)6-13(20)18-5-4-9(7-18)19-14(21)8-23-15(19)22/h1-3,9H,4-8H2. The molecule has 2 aliphatic heterocycles. The second-order valence-electron chi connectivity index (χ2n) is 5.48. The first-order valence-electron chi connectivity index (χ1n) is 7.17. The zero-order valence-corrected chi connectivity index (χ0v) is 12.9. The highest BCUT2D eigenvalue weighted by molar-refractivity contribution is 6.31. The molecule has 0 radical (unpaired) electrons. The molecule has 2 aliphatic rings. The molecule has 1 aromatic rings. The van der Waals surface area contributed by atoms with E-state index in [9.17, 15) is 18.8 Å². The smallest absolute Gasteiger partial charge is 0.417 e. The molecule has 0 bridgehead atoms. The lowest BCUT2D eigenvalue weighted by molar-refractivity contribution is -0.131. The van der Waals surface area contributed by atoms with Crippen molar-refractivity contribution < 1.29 is 23.5 Å². The molecule has 1 atom stereocenters. The van der Waals surface area contributed by atoms with Crippen LogP contribution in [0.25, 0.3) is 0 Å². The van der Waals surface area contributed by atoms with Crippen molar-refractivity contribution in [1.82, 2.24) is 9.80 Å². The summed E-state index contributed by atoms with van der Waals surface area (Å²) in [6.45, 7) is 0.368. The van der Waals surface area contributed by atoms with Gasteiger partial charge in [-0.2, -0.15) is 0 Å². The fourth-order valence-electron chi connectivity index (χ4n) is 2.86. The van der Waals surface area contributed by atoms with Gasteiger partial charge in [0.05, 0.1) is 12.5 Å². The van der Waals surface area contributed by atoms with Crippen LogP contribution in [0.5, 0.6) is 0 Å². The summed E-state index contributed by atoms with van der Waals surface area (Å²) in [6, 6.07) is 3.86. The van der Waals surface area contributed by atoms with Gasteiger partial charge in [-0.3, -0.25) is 9.59 Å². The molecule has 3 amide bonds. The molecule has 0 spiro atoms. The van der Waals surface area contributed by atoms with E-state index in [1.54, 1.807) is 0 Å². The van der Waals surface area contributed by atoms with Gasteiger partial charge in [0.1, 0.15) is 5.82 Å². The molecule has 23 heavy (non-hydrogen) atoms. The van der Waals surface area contributed by atoms with Crippen LogP contribution in [0, 0.1) is 5.82 Å². The molecule has 1 unspecified atom stereocenters. The topological polar surface area (TPSA) is 66.9 Å². The van der Waals surface area contributed by atoms with E-state index in [-0.39, 0.29) is 36.1 Å². The summed E-state index contributed by atoms with van der Waals surface area (Å²) < 4.78 is 18.4. The molecule has 6 nitrogen and oxygen atoms in total. The van der Waals surface area contributed by atoms with Crippen LogP contribution < -0.4 is 0 Å². The van der Waals surface area contributed by atoms with Gasteiger partial charge in [-0.15, -0.1) is 0 Å². The first-order valence-corrected chi connectivity index (χ1v) is 7.54. The Morgan fingerprint density at radius 3 is 2.83 bits per heavy atom. The fourth-order valence-corrected chi connectivity index (χ4v) is 3.09. The molecule has 0 N–H and O–H groups in total. The Bertz CT molecular complexity index is 645. The number of amides is 3. The van der Waals surface area contributed by atoms with E-state index >= 15 is 0 Å². The van der Waals surface area contributed by atoms with E-state index in [1.165, 1.54) is 23.1 Å². The summed E-state index contributed by atoms with van der Waals surface area (Å²) in [4.78, 5) is 38.1. The minimum absolute atomic E-state index is 0.152. The first-order chi connectivity index (χ1) is 11.0. The molecule has 2 fully saturated rings. The quantitative estimate of drug-likeness (QED) is 0.838. The number of benzene rings is 1. The van der Waals surface area contributed by atoms with Gasteiger partial charge in [0.2, 0.25) is 5.91 Å². The number of carbonyl (C=O) groups excluding carboxylic acids is 3. The normalized spacial score (nSPS) is 21.0. The first kappa shape index (κ1) is 15.7. The van der Waals surface area contributed by atoms with Gasteiger partial charge in [0.25, 0.3) is 5.91 Å². The predicted octanol–water partition coefficient (Wildman–Crippen LogP) is 1.60. The van der Waals surface area contributed by atoms with Gasteiger partial charge in [0.15, 0.2) is 6.61 Å². The molecule has 0 aliphatic carbocycles. The zero-order chi connectivity index (χ0) is 16.6. The van der Waals surface area contributed by atoms with Crippen LogP contribution in [0.2, 0.25) is 5.02 Å². The van der Waals surface area contributed by atoms with Gasteiger partial charge in [-0.05, 0) is 18.6 Å². The third-order valence-electron chi connectivity index (χ3n) is 4.06. The van der Waals surface area contributed by atoms with Crippen LogP contribution in [0.15, 0.2) is 18.2 Å². The van der Waals surface area contributed by atoms with Gasteiger partial charge in [-0.1, -0.05) is 17.7 Å². The van der Waals surface area contributed by atoms with Crippen molar-refractivity contribution in [3.05, 3.63) is 34.6 Å². The lowest BCUT2D eigenvalue weighted by atomic mass is 10.1. The average molecular weight is 341 g/mol. The largest absolute Gasteiger partial charge is 0.439 e. The Morgan fingerprint density at radius 1 is 1.39 bits per heavy atom. The number of carbonyl (C=O) groups is 3. The minimum atomic E-state index is -0.675. The Hall–Kier alpha value is -2.15. The van der Waals surface area contributed by atoms with Crippen molar-refractivity contribution in [3.63, 3.8) is 0 Å². The third kappa shape index (κ3) is 3.01. The molecule has 2 heterocycles. The van der Waals surface area contributed by atoms with E-state index in [4.69, 9.17) is 11.6 Å². The molecule has 0 saturated carbocycles. The van der Waals surface area contributed by atoms with Crippen LogP contribution in [0.3, 0.4) is 0 Å². The van der Waals surface area contributed by atoms with Gasteiger partial charge < -0.3 is 9.64 Å². The highest BCUT2D eigenvalue weighted by atomic mass is 35.5. The molecule has 2 saturated heterocycles. The van der Waals surface area contributed by atoms with Crippen LogP contribution in [-0.4, -0.2) is 53.4 Å². The number of imide groups is 1. The van der Waals surface area contributed by atoms with Crippen molar-refractivity contribution in [3.8, 4) is 0 Å². The third-order valence-corrected chi connectivity index (χ3v) is 4.41. The summed E-state index contributed by atoms with van der Waals surface area (Å²) in [7, 11) is 0. The number of hydrogen-bond acceptors (Lipinski definition) is 4. The summed E-state index contributed by atoms with van der Waals surface area (Å²) in [5.74, 6) is -1.22. The summed E-state index contributed by atoms with van der Waals surface area (Å²) in [5.41, 5.74) is 0.152. The monoisotopic (exact) mass is 340 g/mol. The number of nitrogens with zero attached hydrogens (tertiary/aromatic N) is 2. The Kier molecular flexibility index (Phi) is 4.21. The molecular formula is C15H14ClFN2O4. The molecular weight excluding hydrogens is 327 g/mol. The van der Waals surface area contributed by atoms with E-state index < -0.39 is 23.9 Å². The SMILES string of the molecule is O=C(Cc1c(F)cccc1Cl)N1CCC(N2C(=O)COC2=O)C1. The molecule has 0 aromatic heterocycles. The second-order valence-corrected chi connectivity index (χ2v) is 5.88. The van der Waals surface area contributed by atoms with Gasteiger partial charge in [-0.25, -0.2) is 14.1 Å². The van der Waals surface area contributed by atoms with Crippen molar-refractivity contribution in [2.45, 2.75) is 18.9 Å². The van der Waals surface area contributed by atoms with Crippen LogP contribution in [-0.2, 0) is 20.7 Å². The van der Waals surface area contributed by atoms with Crippen LogP contribution >= 0.6 is 11.6 Å². The van der Waals surface area contributed by atoms with Gasteiger partial charge >= 0.3 is 6.09 Å². The van der Waals surface area contributed by atoms with Crippen LogP contribution in [0.1, 0.15) is 12.0 Å². The van der Waals surface area contributed by atoms with Gasteiger partial charge in [0, 0.05) is 23.7 Å². The minimum Gasteiger partial charge on any atom is -0.439 e. The predicted molar refractivity (Wildman–Crippen MR) is 78.3 cm³/mol. The highest BCUT2D eigenvalue weighted by Crippen LogP contribution is 2.23. The number of hydrogen-bond donors (Lipinski definition) is 0. The Morgan fingerprint density at radius 2 is 2.17 bits per heavy atom. The number of likely N-dealkylation sites (tertiary alicyclic amines) is 1. The van der Waals surface area contributed by atoms with E-state index in [2.05, 4.69) is 4.74 Å². The highest BCUT2D eigenvalue weighted by Gasteiger charge is 2.41. The molecule has 8 heteroatoms. The van der Waals surface area contributed by atoms with Crippen molar-refractivity contribution in [1.29, 1.82) is 0 Å².